The third-order valence-electron chi connectivity index (χ3n) is 6.28. The Hall–Kier alpha value is -2.53. The van der Waals surface area contributed by atoms with Gasteiger partial charge in [-0.3, -0.25) is 14.0 Å². The van der Waals surface area contributed by atoms with Crippen LogP contribution in [0.25, 0.3) is 11.4 Å². The Labute approximate surface area is 179 Å². The van der Waals surface area contributed by atoms with Gasteiger partial charge in [-0.05, 0) is 73.6 Å². The number of nitrogens with zero attached hydrogens (tertiary/aromatic N) is 1. The van der Waals surface area contributed by atoms with Crippen molar-refractivity contribution in [3.05, 3.63) is 72.1 Å². The van der Waals surface area contributed by atoms with E-state index in [1.165, 1.54) is 5.56 Å². The Bertz CT molecular complexity index is 1050. The maximum absolute atomic E-state index is 12.5. The van der Waals surface area contributed by atoms with Crippen molar-refractivity contribution in [1.29, 1.82) is 0 Å². The van der Waals surface area contributed by atoms with E-state index in [0.29, 0.717) is 29.8 Å². The molecular weight excluding hydrogens is 392 g/mol. The van der Waals surface area contributed by atoms with Crippen molar-refractivity contribution < 1.29 is 9.00 Å². The van der Waals surface area contributed by atoms with Gasteiger partial charge in [0.05, 0.1) is 22.2 Å². The van der Waals surface area contributed by atoms with E-state index in [-0.39, 0.29) is 5.92 Å². The summed E-state index contributed by atoms with van der Waals surface area (Å²) in [4.78, 5) is 20.8. The standard InChI is InChI=1S/C25H26N2O2S/c28-19-7-4-17(15-19)16-22(18-5-8-20(9-6-18)30(29)21-10-11-21)23-12-13-25(27-23)24-3-1-2-14-26-24/h1-3,5-6,8-9,12-14,17,21-22,27H,4,7,10-11,15-16H2. The summed E-state index contributed by atoms with van der Waals surface area (Å²) in [5, 5.41) is 0.348. The molecule has 0 bridgehead atoms. The Morgan fingerprint density at radius 1 is 1.03 bits per heavy atom. The molecule has 4 nitrogen and oxygen atoms in total. The van der Waals surface area contributed by atoms with Crippen LogP contribution < -0.4 is 0 Å². The van der Waals surface area contributed by atoms with E-state index in [1.54, 1.807) is 6.20 Å². The molecule has 154 valence electrons. The molecule has 2 aromatic heterocycles. The van der Waals surface area contributed by atoms with Gasteiger partial charge in [0.25, 0.3) is 0 Å². The van der Waals surface area contributed by atoms with Crippen LogP contribution in [0.4, 0.5) is 0 Å². The van der Waals surface area contributed by atoms with E-state index in [9.17, 15) is 9.00 Å². The lowest BCUT2D eigenvalue weighted by Gasteiger charge is -2.20. The number of nitrogens with one attached hydrogen (secondary N) is 1. The molecule has 0 saturated heterocycles. The number of carbonyl (C=O) groups is 1. The smallest absolute Gasteiger partial charge is 0.133 e. The fourth-order valence-corrected chi connectivity index (χ4v) is 5.82. The van der Waals surface area contributed by atoms with Gasteiger partial charge in [0, 0.05) is 40.8 Å². The summed E-state index contributed by atoms with van der Waals surface area (Å²) in [6.07, 6.45) is 7.27. The maximum atomic E-state index is 12.5. The molecule has 0 radical (unpaired) electrons. The van der Waals surface area contributed by atoms with E-state index < -0.39 is 10.8 Å². The molecular formula is C25H26N2O2S. The summed E-state index contributed by atoms with van der Waals surface area (Å²) in [7, 11) is -0.880. The van der Waals surface area contributed by atoms with Gasteiger partial charge >= 0.3 is 0 Å². The zero-order valence-corrected chi connectivity index (χ0v) is 17.7. The maximum Gasteiger partial charge on any atom is 0.133 e. The quantitative estimate of drug-likeness (QED) is 0.571. The van der Waals surface area contributed by atoms with E-state index >= 15 is 0 Å². The summed E-state index contributed by atoms with van der Waals surface area (Å²) in [6, 6.07) is 18.4. The molecule has 1 aromatic carbocycles. The van der Waals surface area contributed by atoms with Crippen LogP contribution in [0.3, 0.4) is 0 Å². The van der Waals surface area contributed by atoms with Crippen LogP contribution in [0.1, 0.15) is 55.7 Å². The lowest BCUT2D eigenvalue weighted by Crippen LogP contribution is -2.08. The Kier molecular flexibility index (Phi) is 5.38. The molecule has 3 unspecified atom stereocenters. The molecule has 0 aliphatic heterocycles. The van der Waals surface area contributed by atoms with Crippen molar-refractivity contribution in [2.24, 2.45) is 5.92 Å². The summed E-state index contributed by atoms with van der Waals surface area (Å²) in [5.74, 6) is 0.987. The number of aromatic amines is 1. The largest absolute Gasteiger partial charge is 0.357 e. The second-order valence-corrected chi connectivity index (χ2v) is 10.3. The molecule has 5 heteroatoms. The second kappa shape index (κ2) is 8.31. The molecule has 3 atom stereocenters. The minimum Gasteiger partial charge on any atom is -0.357 e. The third kappa shape index (κ3) is 4.17. The van der Waals surface area contributed by atoms with Gasteiger partial charge in [-0.1, -0.05) is 18.2 Å². The predicted octanol–water partition coefficient (Wildman–Crippen LogP) is 5.24. The molecule has 2 aliphatic rings. The number of pyridine rings is 1. The number of benzene rings is 1. The van der Waals surface area contributed by atoms with Crippen LogP contribution in [0.15, 0.2) is 65.7 Å². The molecule has 1 N–H and O–H groups in total. The van der Waals surface area contributed by atoms with Gasteiger partial charge < -0.3 is 4.98 Å². The molecule has 3 aromatic rings. The van der Waals surface area contributed by atoms with Gasteiger partial charge in [-0.2, -0.15) is 0 Å². The Morgan fingerprint density at radius 3 is 2.53 bits per heavy atom. The third-order valence-corrected chi connectivity index (χ3v) is 8.10. The van der Waals surface area contributed by atoms with Crippen molar-refractivity contribution in [1.82, 2.24) is 9.97 Å². The van der Waals surface area contributed by atoms with E-state index in [4.69, 9.17) is 0 Å². The van der Waals surface area contributed by atoms with Crippen LogP contribution in [-0.4, -0.2) is 25.2 Å². The van der Waals surface area contributed by atoms with Crippen molar-refractivity contribution in [3.63, 3.8) is 0 Å². The number of carbonyl (C=O) groups excluding carboxylic acids is 1. The zero-order chi connectivity index (χ0) is 20.5. The molecule has 30 heavy (non-hydrogen) atoms. The monoisotopic (exact) mass is 418 g/mol. The lowest BCUT2D eigenvalue weighted by molar-refractivity contribution is -0.117. The molecule has 2 heterocycles. The summed E-state index contributed by atoms with van der Waals surface area (Å²) in [6.45, 7) is 0. The van der Waals surface area contributed by atoms with Crippen LogP contribution in [0.5, 0.6) is 0 Å². The Balaban J connectivity index is 1.44. The molecule has 0 spiro atoms. The summed E-state index contributed by atoms with van der Waals surface area (Å²) < 4.78 is 12.5. The molecule has 2 fully saturated rings. The van der Waals surface area contributed by atoms with E-state index in [1.807, 2.05) is 30.3 Å². The topological polar surface area (TPSA) is 62.8 Å². The molecule has 2 saturated carbocycles. The highest BCUT2D eigenvalue weighted by Crippen LogP contribution is 2.38. The highest BCUT2D eigenvalue weighted by molar-refractivity contribution is 7.86. The fraction of sp³-hybridized carbons (Fsp3) is 0.360. The number of rotatable bonds is 7. The first-order valence-electron chi connectivity index (χ1n) is 10.8. The lowest BCUT2D eigenvalue weighted by atomic mass is 9.86. The molecule has 2 aliphatic carbocycles. The zero-order valence-electron chi connectivity index (χ0n) is 16.9. The average molecular weight is 419 g/mol. The number of H-pyrrole nitrogens is 1. The molecule has 5 rings (SSSR count). The average Bonchev–Trinajstić information content (AvgIpc) is 3.37. The minimum absolute atomic E-state index is 0.182. The van der Waals surface area contributed by atoms with Gasteiger partial charge in [0.2, 0.25) is 0 Å². The number of hydrogen-bond acceptors (Lipinski definition) is 3. The minimum atomic E-state index is -0.880. The van der Waals surface area contributed by atoms with Crippen molar-refractivity contribution >= 4 is 16.6 Å². The Morgan fingerprint density at radius 2 is 1.87 bits per heavy atom. The second-order valence-electron chi connectivity index (χ2n) is 8.54. The highest BCUT2D eigenvalue weighted by atomic mass is 32.2. The first-order valence-corrected chi connectivity index (χ1v) is 12.0. The fourth-order valence-electron chi connectivity index (χ4n) is 4.46. The van der Waals surface area contributed by atoms with Crippen molar-refractivity contribution in [2.45, 2.75) is 54.6 Å². The van der Waals surface area contributed by atoms with Crippen LogP contribution >= 0.6 is 0 Å². The van der Waals surface area contributed by atoms with E-state index in [2.05, 4.69) is 34.2 Å². The number of aromatic nitrogens is 2. The van der Waals surface area contributed by atoms with Crippen LogP contribution in [0, 0.1) is 5.92 Å². The van der Waals surface area contributed by atoms with Gasteiger partial charge in [0.15, 0.2) is 0 Å². The van der Waals surface area contributed by atoms with E-state index in [0.717, 1.165) is 47.7 Å². The number of Topliss-reactive ketones (excluding diaryl/α,β-unsaturated/α-hetero) is 1. The van der Waals surface area contributed by atoms with Crippen LogP contribution in [0.2, 0.25) is 0 Å². The highest BCUT2D eigenvalue weighted by Gasteiger charge is 2.30. The normalized spacial score (nSPS) is 20.9. The van der Waals surface area contributed by atoms with Gasteiger partial charge in [-0.15, -0.1) is 0 Å². The summed E-state index contributed by atoms with van der Waals surface area (Å²) >= 11 is 0. The van der Waals surface area contributed by atoms with Crippen molar-refractivity contribution in [2.75, 3.05) is 0 Å². The molecule has 0 amide bonds. The van der Waals surface area contributed by atoms with Crippen molar-refractivity contribution in [3.8, 4) is 11.4 Å². The predicted molar refractivity (Wildman–Crippen MR) is 119 cm³/mol. The summed E-state index contributed by atoms with van der Waals surface area (Å²) in [5.41, 5.74) is 4.28. The number of hydrogen-bond donors (Lipinski definition) is 1. The first-order chi connectivity index (χ1) is 14.7. The number of ketones is 1. The van der Waals surface area contributed by atoms with Gasteiger partial charge in [-0.25, -0.2) is 0 Å². The SMILES string of the molecule is O=C1CCC(CC(c2ccc(S(=O)C3CC3)cc2)c2ccc(-c3ccccn3)[nH]2)C1. The first kappa shape index (κ1) is 19.4. The van der Waals surface area contributed by atoms with Gasteiger partial charge in [0.1, 0.15) is 5.78 Å². The van der Waals surface area contributed by atoms with Crippen LogP contribution in [-0.2, 0) is 15.6 Å².